The third-order valence-electron chi connectivity index (χ3n) is 5.72. The van der Waals surface area contributed by atoms with Crippen molar-refractivity contribution in [1.82, 2.24) is 14.5 Å². The third-order valence-corrected chi connectivity index (χ3v) is 5.72. The van der Waals surface area contributed by atoms with Crippen molar-refractivity contribution >= 4 is 28.3 Å². The van der Waals surface area contributed by atoms with Gasteiger partial charge in [0.1, 0.15) is 12.4 Å². The molecule has 7 nitrogen and oxygen atoms in total. The molecule has 0 aliphatic carbocycles. The summed E-state index contributed by atoms with van der Waals surface area (Å²) in [7, 11) is 0. The van der Waals surface area contributed by atoms with E-state index in [4.69, 9.17) is 4.74 Å². The van der Waals surface area contributed by atoms with Crippen LogP contribution in [0.15, 0.2) is 83.8 Å². The van der Waals surface area contributed by atoms with Gasteiger partial charge in [-0.15, -0.1) is 0 Å². The minimum absolute atomic E-state index is 0.127. The maximum Gasteiger partial charge on any atom is 0.222 e. The highest BCUT2D eigenvalue weighted by molar-refractivity contribution is 5.84. The number of para-hydroxylation sites is 2. The molecule has 1 N–H and O–H groups in total. The molecule has 166 valence electrons. The number of ether oxygens (including phenoxy) is 1. The van der Waals surface area contributed by atoms with Crippen molar-refractivity contribution in [3.05, 3.63) is 89.2 Å². The number of anilines is 2. The molecular weight excluding hydrogens is 416 g/mol. The number of pyridine rings is 2. The van der Waals surface area contributed by atoms with Crippen LogP contribution in [0, 0.1) is 0 Å². The number of hydrogen-bond donors (Lipinski definition) is 1. The molecule has 1 aliphatic heterocycles. The molecule has 0 atom stereocenters. The van der Waals surface area contributed by atoms with Gasteiger partial charge in [-0.05, 0) is 30.7 Å². The number of amides is 1. The molecule has 4 aromatic rings. The average Bonchev–Trinajstić information content (AvgIpc) is 3.25. The van der Waals surface area contributed by atoms with Gasteiger partial charge < -0.3 is 15.0 Å². The van der Waals surface area contributed by atoms with Gasteiger partial charge in [0, 0.05) is 42.7 Å². The van der Waals surface area contributed by atoms with Gasteiger partial charge >= 0.3 is 0 Å². The Kier molecular flexibility index (Phi) is 5.76. The molecule has 5 rings (SSSR count). The maximum atomic E-state index is 12.9. The predicted molar refractivity (Wildman–Crippen MR) is 128 cm³/mol. The van der Waals surface area contributed by atoms with Crippen molar-refractivity contribution in [3.8, 4) is 11.6 Å². The first-order chi connectivity index (χ1) is 16.2. The fourth-order valence-corrected chi connectivity index (χ4v) is 4.09. The molecule has 3 heterocycles. The monoisotopic (exact) mass is 440 g/mol. The predicted octanol–water partition coefficient (Wildman–Crippen LogP) is 4.13. The van der Waals surface area contributed by atoms with E-state index in [1.165, 1.54) is 0 Å². The molecule has 0 spiro atoms. The fourth-order valence-electron chi connectivity index (χ4n) is 4.09. The topological polar surface area (TPSA) is 76.5 Å². The van der Waals surface area contributed by atoms with Crippen LogP contribution in [0.1, 0.15) is 12.8 Å². The van der Waals surface area contributed by atoms with Crippen LogP contribution < -0.4 is 15.5 Å². The van der Waals surface area contributed by atoms with Gasteiger partial charge in [-0.25, -0.2) is 4.98 Å². The molecule has 1 fully saturated rings. The zero-order valence-electron chi connectivity index (χ0n) is 18.1. The van der Waals surface area contributed by atoms with E-state index in [1.807, 2.05) is 70.1 Å². The van der Waals surface area contributed by atoms with Crippen molar-refractivity contribution in [2.45, 2.75) is 12.8 Å². The molecule has 0 bridgehead atoms. The highest BCUT2D eigenvalue weighted by Crippen LogP contribution is 2.26. The molecule has 0 saturated carbocycles. The van der Waals surface area contributed by atoms with Crippen LogP contribution in [0.3, 0.4) is 0 Å². The SMILES string of the molecule is O=C1CCCN1CCOc1cc2c(cn1)c(=O)cc(Nc1ccccc1)n2-c1ccccc1. The van der Waals surface area contributed by atoms with Gasteiger partial charge in [0.2, 0.25) is 11.8 Å². The highest BCUT2D eigenvalue weighted by atomic mass is 16.5. The van der Waals surface area contributed by atoms with Gasteiger partial charge in [-0.1, -0.05) is 36.4 Å². The summed E-state index contributed by atoms with van der Waals surface area (Å²) in [4.78, 5) is 30.9. The van der Waals surface area contributed by atoms with Crippen LogP contribution in [0.25, 0.3) is 16.6 Å². The highest BCUT2D eigenvalue weighted by Gasteiger charge is 2.19. The molecule has 33 heavy (non-hydrogen) atoms. The second-order valence-electron chi connectivity index (χ2n) is 7.93. The zero-order chi connectivity index (χ0) is 22.6. The van der Waals surface area contributed by atoms with Crippen LogP contribution in [0.5, 0.6) is 5.88 Å². The normalized spacial score (nSPS) is 13.5. The minimum atomic E-state index is -0.127. The van der Waals surface area contributed by atoms with E-state index >= 15 is 0 Å². The number of nitrogens with one attached hydrogen (secondary N) is 1. The van der Waals surface area contributed by atoms with Crippen LogP contribution in [0.2, 0.25) is 0 Å². The summed E-state index contributed by atoms with van der Waals surface area (Å²) in [5.41, 5.74) is 2.34. The Morgan fingerprint density at radius 2 is 1.73 bits per heavy atom. The van der Waals surface area contributed by atoms with Gasteiger partial charge in [0.05, 0.1) is 17.4 Å². The number of rotatable bonds is 7. The van der Waals surface area contributed by atoms with Crippen LogP contribution >= 0.6 is 0 Å². The zero-order valence-corrected chi connectivity index (χ0v) is 18.1. The van der Waals surface area contributed by atoms with Crippen molar-refractivity contribution in [2.24, 2.45) is 0 Å². The second-order valence-corrected chi connectivity index (χ2v) is 7.93. The van der Waals surface area contributed by atoms with Crippen LogP contribution in [-0.2, 0) is 4.79 Å². The molecular formula is C26H24N4O3. The number of hydrogen-bond acceptors (Lipinski definition) is 5. The largest absolute Gasteiger partial charge is 0.476 e. The molecule has 1 saturated heterocycles. The van der Waals surface area contributed by atoms with E-state index in [0.29, 0.717) is 42.2 Å². The lowest BCUT2D eigenvalue weighted by Crippen LogP contribution is -2.29. The van der Waals surface area contributed by atoms with Gasteiger partial charge in [-0.2, -0.15) is 0 Å². The lowest BCUT2D eigenvalue weighted by atomic mass is 10.2. The molecule has 0 radical (unpaired) electrons. The Balaban J connectivity index is 1.54. The van der Waals surface area contributed by atoms with Crippen molar-refractivity contribution in [3.63, 3.8) is 0 Å². The smallest absolute Gasteiger partial charge is 0.222 e. The van der Waals surface area contributed by atoms with Crippen molar-refractivity contribution in [2.75, 3.05) is 25.0 Å². The number of nitrogens with zero attached hydrogens (tertiary/aromatic N) is 3. The Hall–Kier alpha value is -4.13. The van der Waals surface area contributed by atoms with Gasteiger partial charge in [0.15, 0.2) is 5.43 Å². The number of fused-ring (bicyclic) bond motifs is 1. The number of carbonyl (C=O) groups is 1. The molecule has 1 aliphatic rings. The van der Waals surface area contributed by atoms with E-state index in [1.54, 1.807) is 18.3 Å². The first-order valence-corrected chi connectivity index (χ1v) is 11.0. The van der Waals surface area contributed by atoms with Crippen LogP contribution in [-0.4, -0.2) is 40.1 Å². The molecule has 2 aromatic heterocycles. The Morgan fingerprint density at radius 3 is 2.45 bits per heavy atom. The molecule has 0 unspecified atom stereocenters. The summed E-state index contributed by atoms with van der Waals surface area (Å²) in [6, 6.07) is 22.9. The first kappa shape index (κ1) is 20.8. The Bertz CT molecular complexity index is 1340. The summed E-state index contributed by atoms with van der Waals surface area (Å²) < 4.78 is 7.86. The lowest BCUT2D eigenvalue weighted by Gasteiger charge is -2.19. The molecule has 2 aromatic carbocycles. The summed E-state index contributed by atoms with van der Waals surface area (Å²) in [6.07, 6.45) is 3.06. The molecule has 7 heteroatoms. The summed E-state index contributed by atoms with van der Waals surface area (Å²) in [6.45, 7) is 1.65. The average molecular weight is 441 g/mol. The minimum Gasteiger partial charge on any atom is -0.476 e. The molecule has 1 amide bonds. The summed E-state index contributed by atoms with van der Waals surface area (Å²) >= 11 is 0. The van der Waals surface area contributed by atoms with E-state index < -0.39 is 0 Å². The van der Waals surface area contributed by atoms with Gasteiger partial charge in [0.25, 0.3) is 0 Å². The summed E-state index contributed by atoms with van der Waals surface area (Å²) in [5, 5.41) is 3.87. The second kappa shape index (κ2) is 9.16. The lowest BCUT2D eigenvalue weighted by molar-refractivity contribution is -0.128. The number of likely N-dealkylation sites (tertiary alicyclic amines) is 1. The third kappa shape index (κ3) is 4.43. The van der Waals surface area contributed by atoms with E-state index in [-0.39, 0.29) is 11.3 Å². The first-order valence-electron chi connectivity index (χ1n) is 11.0. The fraction of sp³-hybridized carbons (Fsp3) is 0.192. The Labute approximate surface area is 191 Å². The quantitative estimate of drug-likeness (QED) is 0.468. The number of carbonyl (C=O) groups excluding carboxylic acids is 1. The Morgan fingerprint density at radius 1 is 0.970 bits per heavy atom. The van der Waals surface area contributed by atoms with Crippen LogP contribution in [0.4, 0.5) is 11.5 Å². The standard InChI is InChI=1S/C26H24N4O3/c31-23-17-24(28-19-8-3-1-4-9-19)30(20-10-5-2-6-11-20)22-16-25(27-18-21(22)23)33-15-14-29-13-7-12-26(29)32/h1-6,8-11,16-18,28H,7,12-15H2. The van der Waals surface area contributed by atoms with Crippen molar-refractivity contribution < 1.29 is 9.53 Å². The maximum absolute atomic E-state index is 12.9. The van der Waals surface area contributed by atoms with E-state index in [2.05, 4.69) is 10.3 Å². The van der Waals surface area contributed by atoms with E-state index in [9.17, 15) is 9.59 Å². The van der Waals surface area contributed by atoms with E-state index in [0.717, 1.165) is 24.3 Å². The number of benzene rings is 2. The number of aromatic nitrogens is 2. The van der Waals surface area contributed by atoms with Gasteiger partial charge in [-0.3, -0.25) is 14.2 Å². The summed E-state index contributed by atoms with van der Waals surface area (Å²) in [5.74, 6) is 1.22. The van der Waals surface area contributed by atoms with Crippen molar-refractivity contribution in [1.29, 1.82) is 0 Å².